The second kappa shape index (κ2) is 8.53. The molecule has 2 heterocycles. The second-order valence-electron chi connectivity index (χ2n) is 6.88. The summed E-state index contributed by atoms with van der Waals surface area (Å²) in [6.45, 7) is 2.40. The number of nitrogens with zero attached hydrogens (tertiary/aromatic N) is 3. The van der Waals surface area contributed by atoms with Crippen molar-refractivity contribution in [3.63, 3.8) is 0 Å². The molecule has 29 heavy (non-hydrogen) atoms. The SMILES string of the molecule is O=C(CN1C(=O)S/C(=C/c2ccccc2)C1=O)N1CCN(c2ccccc2)CC1. The fourth-order valence-corrected chi connectivity index (χ4v) is 4.26. The summed E-state index contributed by atoms with van der Waals surface area (Å²) >= 11 is 0.883. The Balaban J connectivity index is 1.36. The van der Waals surface area contributed by atoms with Gasteiger partial charge in [-0.3, -0.25) is 19.3 Å². The Morgan fingerprint density at radius 2 is 1.52 bits per heavy atom. The zero-order chi connectivity index (χ0) is 20.2. The van der Waals surface area contributed by atoms with Crippen molar-refractivity contribution in [1.82, 2.24) is 9.80 Å². The second-order valence-corrected chi connectivity index (χ2v) is 7.88. The zero-order valence-corrected chi connectivity index (χ0v) is 16.7. The minimum absolute atomic E-state index is 0.194. The number of hydrogen-bond acceptors (Lipinski definition) is 5. The molecule has 7 heteroatoms. The molecule has 4 rings (SSSR count). The normalized spacial score (nSPS) is 18.6. The minimum atomic E-state index is -0.403. The molecule has 0 saturated carbocycles. The molecule has 2 aromatic rings. The fourth-order valence-electron chi connectivity index (χ4n) is 3.43. The van der Waals surface area contributed by atoms with Crippen molar-refractivity contribution in [2.24, 2.45) is 0 Å². The van der Waals surface area contributed by atoms with Gasteiger partial charge in [0.2, 0.25) is 5.91 Å². The molecule has 148 valence electrons. The first kappa shape index (κ1) is 19.3. The topological polar surface area (TPSA) is 60.9 Å². The molecule has 0 atom stereocenters. The van der Waals surface area contributed by atoms with Gasteiger partial charge in [-0.15, -0.1) is 0 Å². The number of anilines is 1. The Hall–Kier alpha value is -3.06. The smallest absolute Gasteiger partial charge is 0.294 e. The molecule has 0 bridgehead atoms. The molecule has 2 aliphatic heterocycles. The lowest BCUT2D eigenvalue weighted by molar-refractivity contribution is -0.136. The summed E-state index contributed by atoms with van der Waals surface area (Å²) in [6.07, 6.45) is 1.69. The van der Waals surface area contributed by atoms with Gasteiger partial charge in [-0.1, -0.05) is 48.5 Å². The summed E-state index contributed by atoms with van der Waals surface area (Å²) in [5.41, 5.74) is 1.98. The summed E-state index contributed by atoms with van der Waals surface area (Å²) in [5, 5.41) is -0.395. The van der Waals surface area contributed by atoms with Gasteiger partial charge in [0.15, 0.2) is 0 Å². The third kappa shape index (κ3) is 4.35. The standard InChI is InChI=1S/C22H21N3O3S/c26-20(24-13-11-23(12-14-24)18-9-5-2-6-10-18)16-25-21(27)19(29-22(25)28)15-17-7-3-1-4-8-17/h1-10,15H,11-14,16H2/b19-15+. The van der Waals surface area contributed by atoms with Crippen molar-refractivity contribution in [2.75, 3.05) is 37.6 Å². The van der Waals surface area contributed by atoms with Gasteiger partial charge < -0.3 is 9.80 Å². The number of hydrogen-bond donors (Lipinski definition) is 0. The highest BCUT2D eigenvalue weighted by molar-refractivity contribution is 8.18. The molecule has 2 aromatic carbocycles. The maximum Gasteiger partial charge on any atom is 0.294 e. The van der Waals surface area contributed by atoms with Gasteiger partial charge >= 0.3 is 0 Å². The van der Waals surface area contributed by atoms with Crippen molar-refractivity contribution >= 4 is 40.6 Å². The van der Waals surface area contributed by atoms with E-state index in [1.165, 1.54) is 0 Å². The zero-order valence-electron chi connectivity index (χ0n) is 15.9. The molecule has 0 aromatic heterocycles. The van der Waals surface area contributed by atoms with Crippen LogP contribution in [0.2, 0.25) is 0 Å². The number of amides is 3. The monoisotopic (exact) mass is 407 g/mol. The van der Waals surface area contributed by atoms with Crippen LogP contribution in [0.1, 0.15) is 5.56 Å². The number of carbonyl (C=O) groups is 3. The van der Waals surface area contributed by atoms with E-state index >= 15 is 0 Å². The molecule has 0 spiro atoms. The molecule has 3 amide bonds. The lowest BCUT2D eigenvalue weighted by atomic mass is 10.2. The number of rotatable bonds is 4. The lowest BCUT2D eigenvalue weighted by Crippen LogP contribution is -2.51. The van der Waals surface area contributed by atoms with Gasteiger partial charge in [0.25, 0.3) is 11.1 Å². The van der Waals surface area contributed by atoms with E-state index in [1.54, 1.807) is 11.0 Å². The Bertz CT molecular complexity index is 938. The fraction of sp³-hybridized carbons (Fsp3) is 0.227. The predicted molar refractivity (Wildman–Crippen MR) is 114 cm³/mol. The quantitative estimate of drug-likeness (QED) is 0.729. The average molecular weight is 407 g/mol. The first-order valence-corrected chi connectivity index (χ1v) is 10.3. The molecule has 2 fully saturated rings. The van der Waals surface area contributed by atoms with Gasteiger partial charge in [-0.25, -0.2) is 0 Å². The van der Waals surface area contributed by atoms with E-state index in [9.17, 15) is 14.4 Å². The number of thioether (sulfide) groups is 1. The maximum absolute atomic E-state index is 12.7. The van der Waals surface area contributed by atoms with Gasteiger partial charge in [0, 0.05) is 31.9 Å². The average Bonchev–Trinajstić information content (AvgIpc) is 3.02. The van der Waals surface area contributed by atoms with E-state index < -0.39 is 11.1 Å². The van der Waals surface area contributed by atoms with Crippen LogP contribution in [0.15, 0.2) is 65.6 Å². The van der Waals surface area contributed by atoms with Crippen LogP contribution in [0.25, 0.3) is 6.08 Å². The van der Waals surface area contributed by atoms with Crippen molar-refractivity contribution in [2.45, 2.75) is 0 Å². The van der Waals surface area contributed by atoms with Crippen LogP contribution in [-0.4, -0.2) is 59.6 Å². The first-order valence-electron chi connectivity index (χ1n) is 9.50. The number of carbonyl (C=O) groups excluding carboxylic acids is 3. The summed E-state index contributed by atoms with van der Waals surface area (Å²) in [7, 11) is 0. The number of piperazine rings is 1. The van der Waals surface area contributed by atoms with Crippen molar-refractivity contribution in [3.8, 4) is 0 Å². The first-order chi connectivity index (χ1) is 14.1. The molecule has 2 aliphatic rings. The summed E-state index contributed by atoms with van der Waals surface area (Å²) in [4.78, 5) is 42.9. The molecule has 2 saturated heterocycles. The van der Waals surface area contributed by atoms with Crippen LogP contribution in [-0.2, 0) is 9.59 Å². The highest BCUT2D eigenvalue weighted by Crippen LogP contribution is 2.32. The molecule has 6 nitrogen and oxygen atoms in total. The minimum Gasteiger partial charge on any atom is -0.368 e. The molecule has 0 N–H and O–H groups in total. The van der Waals surface area contributed by atoms with Gasteiger partial charge in [-0.05, 0) is 35.5 Å². The predicted octanol–water partition coefficient (Wildman–Crippen LogP) is 3.07. The van der Waals surface area contributed by atoms with Crippen LogP contribution in [0, 0.1) is 0 Å². The highest BCUT2D eigenvalue weighted by Gasteiger charge is 2.37. The van der Waals surface area contributed by atoms with Crippen LogP contribution in [0.4, 0.5) is 10.5 Å². The molecule has 0 unspecified atom stereocenters. The van der Waals surface area contributed by atoms with E-state index in [1.807, 2.05) is 48.5 Å². The summed E-state index contributed by atoms with van der Waals surface area (Å²) in [5.74, 6) is -0.596. The third-order valence-corrected chi connectivity index (χ3v) is 5.93. The third-order valence-electron chi connectivity index (χ3n) is 5.02. The number of imide groups is 1. The van der Waals surface area contributed by atoms with E-state index in [0.29, 0.717) is 18.0 Å². The van der Waals surface area contributed by atoms with Crippen LogP contribution in [0.5, 0.6) is 0 Å². The highest BCUT2D eigenvalue weighted by atomic mass is 32.2. The maximum atomic E-state index is 12.7. The van der Waals surface area contributed by atoms with E-state index in [4.69, 9.17) is 0 Å². The van der Waals surface area contributed by atoms with Crippen molar-refractivity contribution < 1.29 is 14.4 Å². The molecular weight excluding hydrogens is 386 g/mol. The number of para-hydroxylation sites is 1. The summed E-state index contributed by atoms with van der Waals surface area (Å²) in [6, 6.07) is 19.4. The Morgan fingerprint density at radius 3 is 2.17 bits per heavy atom. The van der Waals surface area contributed by atoms with Crippen molar-refractivity contribution in [1.29, 1.82) is 0 Å². The lowest BCUT2D eigenvalue weighted by Gasteiger charge is -2.36. The van der Waals surface area contributed by atoms with Crippen LogP contribution >= 0.6 is 11.8 Å². The van der Waals surface area contributed by atoms with Gasteiger partial charge in [0.1, 0.15) is 6.54 Å². The molecule has 0 aliphatic carbocycles. The van der Waals surface area contributed by atoms with E-state index in [-0.39, 0.29) is 12.5 Å². The van der Waals surface area contributed by atoms with E-state index in [0.717, 1.165) is 41.0 Å². The van der Waals surface area contributed by atoms with E-state index in [2.05, 4.69) is 17.0 Å². The largest absolute Gasteiger partial charge is 0.368 e. The Morgan fingerprint density at radius 1 is 0.897 bits per heavy atom. The number of benzene rings is 2. The Kier molecular flexibility index (Phi) is 5.67. The van der Waals surface area contributed by atoms with Gasteiger partial charge in [-0.2, -0.15) is 0 Å². The Labute approximate surface area is 173 Å². The van der Waals surface area contributed by atoms with Crippen LogP contribution in [0.3, 0.4) is 0 Å². The van der Waals surface area contributed by atoms with Crippen LogP contribution < -0.4 is 4.90 Å². The van der Waals surface area contributed by atoms with Gasteiger partial charge in [0.05, 0.1) is 4.91 Å². The molecule has 0 radical (unpaired) electrons. The summed E-state index contributed by atoms with van der Waals surface area (Å²) < 4.78 is 0. The van der Waals surface area contributed by atoms with Crippen molar-refractivity contribution in [3.05, 3.63) is 71.1 Å². The molecular formula is C22H21N3O3S.